The van der Waals surface area contributed by atoms with Gasteiger partial charge in [-0.2, -0.15) is 13.2 Å². The molecule has 0 bridgehead atoms. The molecule has 0 aliphatic heterocycles. The van der Waals surface area contributed by atoms with E-state index >= 15 is 0 Å². The average Bonchev–Trinajstić information content (AvgIpc) is 2.15. The molecule has 0 spiro atoms. The van der Waals surface area contributed by atoms with Crippen molar-refractivity contribution < 1.29 is 23.0 Å². The summed E-state index contributed by atoms with van der Waals surface area (Å²) in [6, 6.07) is 6.77. The second-order valence-electron chi connectivity index (χ2n) is 3.62. The maximum atomic E-state index is 11.8. The lowest BCUT2D eigenvalue weighted by atomic mass is 10.1. The lowest BCUT2D eigenvalue weighted by molar-refractivity contribution is -0.179. The van der Waals surface area contributed by atoms with Gasteiger partial charge in [0.1, 0.15) is 6.61 Å². The molecule has 0 aliphatic carbocycles. The molecule has 1 aromatic rings. The highest BCUT2D eigenvalue weighted by molar-refractivity contribution is 6.30. The minimum Gasteiger partial charge on any atom is -0.390 e. The highest BCUT2D eigenvalue weighted by Gasteiger charge is 2.27. The number of aliphatic hydroxyl groups is 1. The molecule has 1 N–H and O–H groups in total. The van der Waals surface area contributed by atoms with Crippen LogP contribution in [0.15, 0.2) is 24.3 Å². The van der Waals surface area contributed by atoms with Crippen molar-refractivity contribution in [3.63, 3.8) is 0 Å². The molecule has 6 heteroatoms. The van der Waals surface area contributed by atoms with Crippen LogP contribution in [0, 0.1) is 0 Å². The number of alkyl halides is 3. The topological polar surface area (TPSA) is 29.5 Å². The molecule has 0 aromatic heterocycles. The van der Waals surface area contributed by atoms with Crippen LogP contribution in [0.25, 0.3) is 0 Å². The Morgan fingerprint density at radius 3 is 2.65 bits per heavy atom. The first-order chi connectivity index (χ1) is 7.87. The minimum absolute atomic E-state index is 0.207. The Balaban J connectivity index is 2.32. The number of hydrogen-bond donors (Lipinski definition) is 1. The van der Waals surface area contributed by atoms with Crippen molar-refractivity contribution in [1.82, 2.24) is 0 Å². The molecule has 96 valence electrons. The summed E-state index contributed by atoms with van der Waals surface area (Å²) in [7, 11) is 0. The zero-order valence-corrected chi connectivity index (χ0v) is 9.63. The highest BCUT2D eigenvalue weighted by Crippen LogP contribution is 2.15. The summed E-state index contributed by atoms with van der Waals surface area (Å²) in [5.41, 5.74) is 0.751. The maximum absolute atomic E-state index is 11.8. The van der Waals surface area contributed by atoms with Gasteiger partial charge in [0, 0.05) is 11.4 Å². The van der Waals surface area contributed by atoms with Crippen LogP contribution in [-0.4, -0.2) is 30.6 Å². The van der Waals surface area contributed by atoms with Gasteiger partial charge in [0.05, 0.1) is 12.7 Å². The summed E-state index contributed by atoms with van der Waals surface area (Å²) in [4.78, 5) is 0. The summed E-state index contributed by atoms with van der Waals surface area (Å²) in [5.74, 6) is 0. The molecule has 0 amide bonds. The number of ether oxygens (including phenoxy) is 1. The van der Waals surface area contributed by atoms with Gasteiger partial charge in [-0.3, -0.25) is 0 Å². The first-order valence-corrected chi connectivity index (χ1v) is 5.31. The fourth-order valence-electron chi connectivity index (χ4n) is 1.31. The van der Waals surface area contributed by atoms with Crippen LogP contribution in [-0.2, 0) is 11.2 Å². The van der Waals surface area contributed by atoms with E-state index in [0.717, 1.165) is 5.56 Å². The van der Waals surface area contributed by atoms with E-state index in [4.69, 9.17) is 11.6 Å². The molecule has 1 unspecified atom stereocenters. The molecule has 0 heterocycles. The fraction of sp³-hybridized carbons (Fsp3) is 0.455. The second-order valence-corrected chi connectivity index (χ2v) is 4.05. The van der Waals surface area contributed by atoms with Crippen molar-refractivity contribution in [2.24, 2.45) is 0 Å². The predicted octanol–water partition coefficient (Wildman–Crippen LogP) is 2.82. The maximum Gasteiger partial charge on any atom is 0.411 e. The molecule has 0 saturated carbocycles. The van der Waals surface area contributed by atoms with Crippen molar-refractivity contribution >= 4 is 11.6 Å². The van der Waals surface area contributed by atoms with E-state index in [1.54, 1.807) is 24.3 Å². The van der Waals surface area contributed by atoms with Crippen molar-refractivity contribution in [1.29, 1.82) is 0 Å². The second kappa shape index (κ2) is 6.23. The van der Waals surface area contributed by atoms with Gasteiger partial charge in [0.2, 0.25) is 0 Å². The highest BCUT2D eigenvalue weighted by atomic mass is 35.5. The van der Waals surface area contributed by atoms with Gasteiger partial charge in [0.25, 0.3) is 0 Å². The Kier molecular flexibility index (Phi) is 5.24. The molecule has 0 aliphatic rings. The Morgan fingerprint density at radius 2 is 2.06 bits per heavy atom. The zero-order chi connectivity index (χ0) is 12.9. The van der Waals surface area contributed by atoms with Gasteiger partial charge in [-0.15, -0.1) is 0 Å². The van der Waals surface area contributed by atoms with Crippen LogP contribution < -0.4 is 0 Å². The smallest absolute Gasteiger partial charge is 0.390 e. The normalized spacial score (nSPS) is 13.7. The zero-order valence-electron chi connectivity index (χ0n) is 8.88. The first-order valence-electron chi connectivity index (χ1n) is 4.94. The number of hydrogen-bond acceptors (Lipinski definition) is 2. The molecule has 0 saturated heterocycles. The Bertz CT molecular complexity index is 355. The van der Waals surface area contributed by atoms with Crippen LogP contribution in [0.2, 0.25) is 5.02 Å². The number of benzene rings is 1. The monoisotopic (exact) mass is 268 g/mol. The molecular formula is C11H12ClF3O2. The fourth-order valence-corrected chi connectivity index (χ4v) is 1.52. The predicted molar refractivity (Wildman–Crippen MR) is 58.0 cm³/mol. The van der Waals surface area contributed by atoms with Crippen molar-refractivity contribution in [2.75, 3.05) is 13.2 Å². The van der Waals surface area contributed by atoms with E-state index in [-0.39, 0.29) is 13.0 Å². The Hall–Kier alpha value is -0.780. The summed E-state index contributed by atoms with van der Waals surface area (Å²) in [5, 5.41) is 9.97. The van der Waals surface area contributed by atoms with E-state index < -0.39 is 18.9 Å². The largest absolute Gasteiger partial charge is 0.411 e. The molecule has 17 heavy (non-hydrogen) atoms. The van der Waals surface area contributed by atoms with E-state index in [9.17, 15) is 18.3 Å². The Labute approximate surface area is 102 Å². The summed E-state index contributed by atoms with van der Waals surface area (Å²) in [6.07, 6.45) is -5.13. The first kappa shape index (κ1) is 14.3. The third-order valence-electron chi connectivity index (χ3n) is 1.94. The SMILES string of the molecule is OC(COCC(F)(F)F)Cc1cccc(Cl)c1. The number of rotatable bonds is 5. The third kappa shape index (κ3) is 6.51. The van der Waals surface area contributed by atoms with Crippen LogP contribution in [0.5, 0.6) is 0 Å². The van der Waals surface area contributed by atoms with E-state index in [1.807, 2.05) is 0 Å². The van der Waals surface area contributed by atoms with Crippen molar-refractivity contribution in [3.05, 3.63) is 34.9 Å². The van der Waals surface area contributed by atoms with E-state index in [0.29, 0.717) is 5.02 Å². The van der Waals surface area contributed by atoms with E-state index in [1.165, 1.54) is 0 Å². The van der Waals surface area contributed by atoms with Gasteiger partial charge >= 0.3 is 6.18 Å². The van der Waals surface area contributed by atoms with Crippen molar-refractivity contribution in [2.45, 2.75) is 18.7 Å². The van der Waals surface area contributed by atoms with Gasteiger partial charge in [-0.05, 0) is 17.7 Å². The quantitative estimate of drug-likeness (QED) is 0.890. The summed E-state index contributed by atoms with van der Waals surface area (Å²) < 4.78 is 39.6. The summed E-state index contributed by atoms with van der Waals surface area (Å²) in [6.45, 7) is -1.70. The lowest BCUT2D eigenvalue weighted by Crippen LogP contribution is -2.24. The number of halogens is 4. The van der Waals surface area contributed by atoms with Gasteiger partial charge in [-0.25, -0.2) is 0 Å². The lowest BCUT2D eigenvalue weighted by Gasteiger charge is -2.12. The summed E-state index contributed by atoms with van der Waals surface area (Å²) >= 11 is 5.73. The van der Waals surface area contributed by atoms with Crippen LogP contribution in [0.4, 0.5) is 13.2 Å². The van der Waals surface area contributed by atoms with Crippen LogP contribution in [0.1, 0.15) is 5.56 Å². The standard InChI is InChI=1S/C11H12ClF3O2/c12-9-3-1-2-8(4-9)5-10(16)6-17-7-11(13,14)15/h1-4,10,16H,5-7H2. The minimum atomic E-state index is -4.37. The van der Waals surface area contributed by atoms with Gasteiger partial charge in [-0.1, -0.05) is 23.7 Å². The van der Waals surface area contributed by atoms with Gasteiger partial charge < -0.3 is 9.84 Å². The molecular weight excluding hydrogens is 257 g/mol. The molecule has 2 nitrogen and oxygen atoms in total. The molecule has 1 aromatic carbocycles. The molecule has 0 radical (unpaired) electrons. The molecule has 0 fully saturated rings. The third-order valence-corrected chi connectivity index (χ3v) is 2.17. The Morgan fingerprint density at radius 1 is 1.35 bits per heavy atom. The molecule has 1 rings (SSSR count). The van der Waals surface area contributed by atoms with Crippen LogP contribution in [0.3, 0.4) is 0 Å². The van der Waals surface area contributed by atoms with Crippen molar-refractivity contribution in [3.8, 4) is 0 Å². The average molecular weight is 269 g/mol. The number of aliphatic hydroxyl groups excluding tert-OH is 1. The van der Waals surface area contributed by atoms with E-state index in [2.05, 4.69) is 4.74 Å². The van der Waals surface area contributed by atoms with Gasteiger partial charge in [0.15, 0.2) is 0 Å². The van der Waals surface area contributed by atoms with Crippen LogP contribution >= 0.6 is 11.6 Å². The molecule has 1 atom stereocenters.